The molecule has 19 heavy (non-hydrogen) atoms. The molecule has 0 spiro atoms. The van der Waals surface area contributed by atoms with Crippen molar-refractivity contribution in [3.8, 4) is 0 Å². The number of hydrogen-bond acceptors (Lipinski definition) is 4. The molecule has 0 aromatic carbocycles. The second-order valence-electron chi connectivity index (χ2n) is 4.58. The fourth-order valence-electron chi connectivity index (χ4n) is 1.80. The van der Waals surface area contributed by atoms with E-state index < -0.39 is 10.4 Å². The van der Waals surface area contributed by atoms with Crippen LogP contribution in [0.5, 0.6) is 0 Å². The van der Waals surface area contributed by atoms with Crippen molar-refractivity contribution in [3.63, 3.8) is 0 Å². The first kappa shape index (κ1) is 22.2. The van der Waals surface area contributed by atoms with Gasteiger partial charge in [0.25, 0.3) is 0 Å². The van der Waals surface area contributed by atoms with Gasteiger partial charge in [0.1, 0.15) is 0 Å². The van der Waals surface area contributed by atoms with E-state index in [9.17, 15) is 8.42 Å². The van der Waals surface area contributed by atoms with Gasteiger partial charge in [0.15, 0.2) is 0 Å². The van der Waals surface area contributed by atoms with Crippen LogP contribution in [-0.2, 0) is 18.8 Å². The predicted octanol–water partition coefficient (Wildman–Crippen LogP) is 3.43. The van der Waals surface area contributed by atoms with Crippen LogP contribution in [0.15, 0.2) is 0 Å². The summed E-state index contributed by atoms with van der Waals surface area (Å²) >= 11 is 0. The predicted molar refractivity (Wildman–Crippen MR) is 79.5 cm³/mol. The Morgan fingerprint density at radius 1 is 0.789 bits per heavy atom. The second kappa shape index (κ2) is 15.3. The molecule has 0 saturated carbocycles. The van der Waals surface area contributed by atoms with Crippen molar-refractivity contribution in [1.82, 2.24) is 0 Å². The maximum atomic E-state index is 10.8. The minimum atomic E-state index is -3.73. The smallest absolute Gasteiger partial charge is 0.252 e. The van der Waals surface area contributed by atoms with Crippen LogP contribution in [0.2, 0.25) is 0 Å². The minimum absolute atomic E-state index is 0. The van der Waals surface area contributed by atoms with E-state index in [1.807, 2.05) is 0 Å². The standard InChI is InChI=1S/C13H28O4S.Na/c1-3-4-5-6-7-8-9-10-11-12-13-17-18(14,15)16-2;/h3-13H2,1-2H3;. The van der Waals surface area contributed by atoms with Crippen LogP contribution in [0, 0.1) is 0 Å². The van der Waals surface area contributed by atoms with Gasteiger partial charge in [-0.2, -0.15) is 8.42 Å². The Morgan fingerprint density at radius 3 is 1.63 bits per heavy atom. The molecule has 6 heteroatoms. The SMILES string of the molecule is CCCCCCCCCCCCOS(=O)(=O)OC.[Na]. The molecule has 0 rings (SSSR count). The molecule has 0 aromatic rings. The summed E-state index contributed by atoms with van der Waals surface area (Å²) in [6, 6.07) is 0. The first-order valence-corrected chi connectivity index (χ1v) is 8.40. The Kier molecular flexibility index (Phi) is 17.8. The largest absolute Gasteiger partial charge is 0.399 e. The number of hydrogen-bond donors (Lipinski definition) is 0. The summed E-state index contributed by atoms with van der Waals surface area (Å²) in [5.74, 6) is 0. The summed E-state index contributed by atoms with van der Waals surface area (Å²) in [6.45, 7) is 2.46. The van der Waals surface area contributed by atoms with Gasteiger partial charge >= 0.3 is 10.4 Å². The second-order valence-corrected chi connectivity index (χ2v) is 5.96. The van der Waals surface area contributed by atoms with E-state index in [2.05, 4.69) is 15.3 Å². The summed E-state index contributed by atoms with van der Waals surface area (Å²) < 4.78 is 30.4. The Morgan fingerprint density at radius 2 is 1.21 bits per heavy atom. The quantitative estimate of drug-likeness (QED) is 0.386. The van der Waals surface area contributed by atoms with Crippen molar-refractivity contribution in [2.24, 2.45) is 0 Å². The van der Waals surface area contributed by atoms with E-state index >= 15 is 0 Å². The van der Waals surface area contributed by atoms with Crippen molar-refractivity contribution in [1.29, 1.82) is 0 Å². The third kappa shape index (κ3) is 16.8. The molecule has 0 aromatic heterocycles. The number of unbranched alkanes of at least 4 members (excludes halogenated alkanes) is 9. The van der Waals surface area contributed by atoms with E-state index in [1.165, 1.54) is 44.9 Å². The Labute approximate surface area is 141 Å². The van der Waals surface area contributed by atoms with E-state index in [0.717, 1.165) is 26.4 Å². The summed E-state index contributed by atoms with van der Waals surface area (Å²) in [5.41, 5.74) is 0. The van der Waals surface area contributed by atoms with Gasteiger partial charge in [-0.3, -0.25) is 4.18 Å². The van der Waals surface area contributed by atoms with Crippen molar-refractivity contribution < 1.29 is 16.8 Å². The van der Waals surface area contributed by atoms with Gasteiger partial charge in [0.05, 0.1) is 13.7 Å². The number of rotatable bonds is 13. The van der Waals surface area contributed by atoms with Crippen LogP contribution in [-0.4, -0.2) is 51.7 Å². The molecular formula is C13H28NaO4S. The Bertz CT molecular complexity index is 268. The van der Waals surface area contributed by atoms with E-state index in [4.69, 9.17) is 0 Å². The van der Waals surface area contributed by atoms with Crippen LogP contribution in [0.25, 0.3) is 0 Å². The van der Waals surface area contributed by atoms with E-state index in [-0.39, 0.29) is 36.2 Å². The molecule has 0 heterocycles. The van der Waals surface area contributed by atoms with Crippen LogP contribution in [0.1, 0.15) is 71.1 Å². The fourth-order valence-corrected chi connectivity index (χ4v) is 2.22. The average molecular weight is 303 g/mol. The minimum Gasteiger partial charge on any atom is -0.252 e. The summed E-state index contributed by atoms with van der Waals surface area (Å²) in [5, 5.41) is 0. The molecule has 111 valence electrons. The van der Waals surface area contributed by atoms with Gasteiger partial charge in [0.2, 0.25) is 0 Å². The molecule has 0 bridgehead atoms. The zero-order valence-corrected chi connectivity index (χ0v) is 15.6. The molecule has 0 aliphatic heterocycles. The van der Waals surface area contributed by atoms with Gasteiger partial charge in [-0.1, -0.05) is 64.7 Å². The van der Waals surface area contributed by atoms with Crippen LogP contribution < -0.4 is 0 Å². The molecule has 0 fully saturated rings. The monoisotopic (exact) mass is 303 g/mol. The van der Waals surface area contributed by atoms with Gasteiger partial charge in [0, 0.05) is 29.6 Å². The summed E-state index contributed by atoms with van der Waals surface area (Å²) in [6.07, 6.45) is 12.2. The molecule has 0 N–H and O–H groups in total. The molecule has 0 unspecified atom stereocenters. The normalized spacial score (nSPS) is 11.3. The fraction of sp³-hybridized carbons (Fsp3) is 1.00. The summed E-state index contributed by atoms with van der Waals surface area (Å²) in [4.78, 5) is 0. The van der Waals surface area contributed by atoms with E-state index in [0.29, 0.717) is 0 Å². The van der Waals surface area contributed by atoms with Crippen molar-refractivity contribution in [2.75, 3.05) is 13.7 Å². The molecular weight excluding hydrogens is 275 g/mol. The van der Waals surface area contributed by atoms with Gasteiger partial charge in [-0.25, -0.2) is 4.18 Å². The van der Waals surface area contributed by atoms with Crippen molar-refractivity contribution in [2.45, 2.75) is 71.1 Å². The molecule has 1 radical (unpaired) electrons. The van der Waals surface area contributed by atoms with E-state index in [1.54, 1.807) is 0 Å². The third-order valence-electron chi connectivity index (χ3n) is 2.93. The third-order valence-corrected chi connectivity index (χ3v) is 3.79. The molecule has 4 nitrogen and oxygen atoms in total. The Balaban J connectivity index is 0. The maximum absolute atomic E-state index is 10.8. The molecule has 0 aliphatic carbocycles. The molecule has 0 aliphatic rings. The summed E-state index contributed by atoms with van der Waals surface area (Å²) in [7, 11) is -2.62. The zero-order valence-electron chi connectivity index (χ0n) is 12.8. The molecule has 0 saturated heterocycles. The first-order chi connectivity index (χ1) is 8.62. The average Bonchev–Trinajstić information content (AvgIpc) is 2.36. The Hall–Kier alpha value is 0.870. The van der Waals surface area contributed by atoms with Crippen LogP contribution in [0.4, 0.5) is 0 Å². The first-order valence-electron chi connectivity index (χ1n) is 7.07. The zero-order chi connectivity index (χ0) is 13.7. The van der Waals surface area contributed by atoms with Crippen molar-refractivity contribution >= 4 is 40.0 Å². The molecule has 0 atom stereocenters. The maximum Gasteiger partial charge on any atom is 0.399 e. The van der Waals surface area contributed by atoms with Crippen LogP contribution >= 0.6 is 0 Å². The van der Waals surface area contributed by atoms with Gasteiger partial charge < -0.3 is 0 Å². The van der Waals surface area contributed by atoms with Crippen LogP contribution in [0.3, 0.4) is 0 Å². The van der Waals surface area contributed by atoms with Crippen molar-refractivity contribution in [3.05, 3.63) is 0 Å². The van der Waals surface area contributed by atoms with Gasteiger partial charge in [-0.15, -0.1) is 0 Å². The molecule has 0 amide bonds. The topological polar surface area (TPSA) is 52.6 Å². The van der Waals surface area contributed by atoms with Gasteiger partial charge in [-0.05, 0) is 6.42 Å².